The second-order valence-corrected chi connectivity index (χ2v) is 2.85. The average Bonchev–Trinajstić information content (AvgIpc) is 2.29. The molecule has 0 N–H and O–H groups in total. The summed E-state index contributed by atoms with van der Waals surface area (Å²) in [4.78, 5) is 14.0. The third kappa shape index (κ3) is 3.00. The number of ether oxygens (including phenoxy) is 1. The van der Waals surface area contributed by atoms with E-state index in [1.807, 2.05) is 12.1 Å². The minimum absolute atomic E-state index is 0.338. The lowest BCUT2D eigenvalue weighted by Crippen LogP contribution is -2.06. The summed E-state index contributed by atoms with van der Waals surface area (Å²) in [6, 6.07) is 7.11. The van der Waals surface area contributed by atoms with Crippen LogP contribution >= 0.6 is 0 Å². The van der Waals surface area contributed by atoms with Crippen LogP contribution in [-0.2, 0) is 11.2 Å². The van der Waals surface area contributed by atoms with E-state index in [4.69, 9.17) is 5.53 Å². The summed E-state index contributed by atoms with van der Waals surface area (Å²) in [7, 11) is 1.34. The molecule has 0 bridgehead atoms. The SMILES string of the molecule is COC(=O)c1ccccc1CCN=[N+]=[N-]. The minimum atomic E-state index is -0.369. The van der Waals surface area contributed by atoms with Crippen LogP contribution < -0.4 is 0 Å². The van der Waals surface area contributed by atoms with Crippen LogP contribution in [0, 0.1) is 0 Å². The van der Waals surface area contributed by atoms with Crippen molar-refractivity contribution in [2.45, 2.75) is 6.42 Å². The van der Waals surface area contributed by atoms with Gasteiger partial charge in [0.25, 0.3) is 0 Å². The zero-order valence-electron chi connectivity index (χ0n) is 8.38. The van der Waals surface area contributed by atoms with Crippen LogP contribution in [0.25, 0.3) is 10.4 Å². The maximum atomic E-state index is 11.3. The summed E-state index contributed by atoms with van der Waals surface area (Å²) in [5, 5.41) is 3.42. The number of methoxy groups -OCH3 is 1. The molecule has 0 aliphatic carbocycles. The van der Waals surface area contributed by atoms with Crippen LogP contribution in [0.5, 0.6) is 0 Å². The number of carbonyl (C=O) groups is 1. The first-order valence-corrected chi connectivity index (χ1v) is 4.46. The summed E-state index contributed by atoms with van der Waals surface area (Å²) in [6.07, 6.45) is 0.537. The standard InChI is InChI=1S/C10H11N3O2/c1-15-10(14)9-5-3-2-4-8(9)6-7-12-13-11/h2-5H,6-7H2,1H3. The van der Waals surface area contributed by atoms with Gasteiger partial charge in [-0.3, -0.25) is 0 Å². The Balaban J connectivity index is 2.85. The molecule has 0 saturated carbocycles. The number of hydrogen-bond acceptors (Lipinski definition) is 3. The number of benzene rings is 1. The van der Waals surface area contributed by atoms with Gasteiger partial charge in [-0.1, -0.05) is 23.3 Å². The maximum Gasteiger partial charge on any atom is 0.338 e. The fourth-order valence-corrected chi connectivity index (χ4v) is 1.26. The smallest absolute Gasteiger partial charge is 0.338 e. The monoisotopic (exact) mass is 205 g/mol. The van der Waals surface area contributed by atoms with Gasteiger partial charge in [-0.05, 0) is 23.6 Å². The van der Waals surface area contributed by atoms with Crippen LogP contribution in [0.4, 0.5) is 0 Å². The van der Waals surface area contributed by atoms with Crippen LogP contribution in [0.3, 0.4) is 0 Å². The molecular weight excluding hydrogens is 194 g/mol. The molecule has 78 valence electrons. The van der Waals surface area contributed by atoms with E-state index in [1.54, 1.807) is 12.1 Å². The van der Waals surface area contributed by atoms with Crippen LogP contribution in [0.15, 0.2) is 29.4 Å². The molecule has 0 aromatic heterocycles. The summed E-state index contributed by atoms with van der Waals surface area (Å²) in [5.74, 6) is -0.369. The molecule has 0 amide bonds. The highest BCUT2D eigenvalue weighted by atomic mass is 16.5. The number of nitrogens with zero attached hydrogens (tertiary/aromatic N) is 3. The molecule has 0 aliphatic rings. The van der Waals surface area contributed by atoms with Crippen molar-refractivity contribution in [3.63, 3.8) is 0 Å². The van der Waals surface area contributed by atoms with E-state index in [2.05, 4.69) is 14.8 Å². The second-order valence-electron chi connectivity index (χ2n) is 2.85. The first kappa shape index (κ1) is 11.1. The lowest BCUT2D eigenvalue weighted by molar-refractivity contribution is 0.0599. The Morgan fingerprint density at radius 3 is 2.93 bits per heavy atom. The summed E-state index contributed by atoms with van der Waals surface area (Å²) in [6.45, 7) is 0.338. The molecule has 0 fully saturated rings. The predicted octanol–water partition coefficient (Wildman–Crippen LogP) is 2.33. The Morgan fingerprint density at radius 1 is 1.53 bits per heavy atom. The van der Waals surface area contributed by atoms with Crippen molar-refractivity contribution in [3.8, 4) is 0 Å². The molecule has 0 atom stereocenters. The molecule has 0 saturated heterocycles. The van der Waals surface area contributed by atoms with Gasteiger partial charge in [0.1, 0.15) is 0 Å². The topological polar surface area (TPSA) is 75.1 Å². The third-order valence-corrected chi connectivity index (χ3v) is 1.97. The summed E-state index contributed by atoms with van der Waals surface area (Å²) < 4.78 is 4.64. The van der Waals surface area contributed by atoms with Gasteiger partial charge in [0.05, 0.1) is 12.7 Å². The van der Waals surface area contributed by atoms with Crippen molar-refractivity contribution in [2.24, 2.45) is 5.11 Å². The van der Waals surface area contributed by atoms with Crippen molar-refractivity contribution in [1.29, 1.82) is 0 Å². The molecule has 1 aromatic carbocycles. The maximum absolute atomic E-state index is 11.3. The van der Waals surface area contributed by atoms with E-state index in [1.165, 1.54) is 7.11 Å². The van der Waals surface area contributed by atoms with E-state index < -0.39 is 0 Å². The van der Waals surface area contributed by atoms with Crippen LogP contribution in [0.1, 0.15) is 15.9 Å². The third-order valence-electron chi connectivity index (χ3n) is 1.97. The van der Waals surface area contributed by atoms with Gasteiger partial charge in [-0.25, -0.2) is 4.79 Å². The fourth-order valence-electron chi connectivity index (χ4n) is 1.26. The molecule has 5 nitrogen and oxygen atoms in total. The van der Waals surface area contributed by atoms with Gasteiger partial charge >= 0.3 is 5.97 Å². The van der Waals surface area contributed by atoms with E-state index in [-0.39, 0.29) is 5.97 Å². The second kappa shape index (κ2) is 5.67. The highest BCUT2D eigenvalue weighted by Gasteiger charge is 2.09. The van der Waals surface area contributed by atoms with Gasteiger partial charge in [0, 0.05) is 11.5 Å². The molecular formula is C10H11N3O2. The first-order chi connectivity index (χ1) is 7.29. The molecule has 15 heavy (non-hydrogen) atoms. The number of esters is 1. The molecule has 0 radical (unpaired) electrons. The largest absolute Gasteiger partial charge is 0.465 e. The molecule has 0 unspecified atom stereocenters. The Labute approximate surface area is 87.3 Å². The van der Waals surface area contributed by atoms with E-state index in [0.29, 0.717) is 18.5 Å². The predicted molar refractivity (Wildman–Crippen MR) is 55.5 cm³/mol. The Kier molecular flexibility index (Phi) is 4.19. The number of azide groups is 1. The van der Waals surface area contributed by atoms with E-state index in [0.717, 1.165) is 5.56 Å². The van der Waals surface area contributed by atoms with E-state index in [9.17, 15) is 4.79 Å². The lowest BCUT2D eigenvalue weighted by atomic mass is 10.1. The zero-order valence-corrected chi connectivity index (χ0v) is 8.38. The number of rotatable bonds is 4. The van der Waals surface area contributed by atoms with Gasteiger partial charge in [0.15, 0.2) is 0 Å². The van der Waals surface area contributed by atoms with Gasteiger partial charge < -0.3 is 4.74 Å². The van der Waals surface area contributed by atoms with Gasteiger partial charge in [-0.2, -0.15) is 0 Å². The van der Waals surface area contributed by atoms with Crippen molar-refractivity contribution < 1.29 is 9.53 Å². The highest BCUT2D eigenvalue weighted by Crippen LogP contribution is 2.10. The molecule has 0 heterocycles. The normalized spacial score (nSPS) is 9.13. The minimum Gasteiger partial charge on any atom is -0.465 e. The number of carbonyl (C=O) groups excluding carboxylic acids is 1. The Morgan fingerprint density at radius 2 is 2.27 bits per heavy atom. The molecule has 1 aromatic rings. The van der Waals surface area contributed by atoms with Gasteiger partial charge in [0.2, 0.25) is 0 Å². The average molecular weight is 205 g/mol. The Bertz CT molecular complexity index is 397. The number of hydrogen-bond donors (Lipinski definition) is 0. The Hall–Kier alpha value is -2.00. The first-order valence-electron chi connectivity index (χ1n) is 4.46. The molecule has 0 spiro atoms. The quantitative estimate of drug-likeness (QED) is 0.327. The van der Waals surface area contributed by atoms with Crippen molar-refractivity contribution in [3.05, 3.63) is 45.8 Å². The summed E-state index contributed by atoms with van der Waals surface area (Å²) >= 11 is 0. The van der Waals surface area contributed by atoms with Crippen molar-refractivity contribution >= 4 is 5.97 Å². The molecule has 0 aliphatic heterocycles. The molecule has 5 heteroatoms. The van der Waals surface area contributed by atoms with Crippen molar-refractivity contribution in [2.75, 3.05) is 13.7 Å². The van der Waals surface area contributed by atoms with Crippen LogP contribution in [0.2, 0.25) is 0 Å². The summed E-state index contributed by atoms with van der Waals surface area (Å²) in [5.41, 5.74) is 9.49. The molecule has 1 rings (SSSR count). The van der Waals surface area contributed by atoms with Gasteiger partial charge in [-0.15, -0.1) is 0 Å². The van der Waals surface area contributed by atoms with E-state index >= 15 is 0 Å². The fraction of sp³-hybridized carbons (Fsp3) is 0.300. The van der Waals surface area contributed by atoms with Crippen molar-refractivity contribution in [1.82, 2.24) is 0 Å². The highest BCUT2D eigenvalue weighted by molar-refractivity contribution is 5.90. The van der Waals surface area contributed by atoms with Crippen LogP contribution in [-0.4, -0.2) is 19.6 Å². The zero-order chi connectivity index (χ0) is 11.1. The lowest BCUT2D eigenvalue weighted by Gasteiger charge is -2.05.